The van der Waals surface area contributed by atoms with E-state index in [0.29, 0.717) is 11.3 Å². The fourth-order valence-corrected chi connectivity index (χ4v) is 4.92. The van der Waals surface area contributed by atoms with Gasteiger partial charge in [0, 0.05) is 11.4 Å². The fourth-order valence-electron chi connectivity index (χ4n) is 2.30. The van der Waals surface area contributed by atoms with Crippen molar-refractivity contribution in [1.82, 2.24) is 9.44 Å². The monoisotopic (exact) mass is 474 g/mol. The Morgan fingerprint density at radius 3 is 2.37 bits per heavy atom. The lowest BCUT2D eigenvalue weighted by Gasteiger charge is -2.13. The minimum Gasteiger partial charge on any atom is -0.456 e. The van der Waals surface area contributed by atoms with Crippen LogP contribution >= 0.6 is 11.3 Å². The van der Waals surface area contributed by atoms with E-state index in [1.54, 1.807) is 30.3 Å². The molecule has 0 saturated carbocycles. The van der Waals surface area contributed by atoms with Gasteiger partial charge >= 0.3 is 5.97 Å². The minimum atomic E-state index is -3.89. The molecule has 12 heteroatoms. The van der Waals surface area contributed by atoms with Gasteiger partial charge in [-0.2, -0.15) is 4.72 Å². The maximum absolute atomic E-state index is 12.2. The van der Waals surface area contributed by atoms with Gasteiger partial charge in [0.2, 0.25) is 25.8 Å². The van der Waals surface area contributed by atoms with Gasteiger partial charge in [-0.3, -0.25) is 9.59 Å². The second kappa shape index (κ2) is 10.3. The van der Waals surface area contributed by atoms with Gasteiger partial charge in [0.15, 0.2) is 6.61 Å². The van der Waals surface area contributed by atoms with E-state index in [9.17, 15) is 26.4 Å². The topological polar surface area (TPSA) is 136 Å². The van der Waals surface area contributed by atoms with E-state index in [0.717, 1.165) is 11.1 Å². The van der Waals surface area contributed by atoms with E-state index in [2.05, 4.69) is 9.44 Å². The third-order valence-corrected chi connectivity index (χ3v) is 7.23. The van der Waals surface area contributed by atoms with E-state index < -0.39 is 44.4 Å². The Labute approximate surface area is 179 Å². The highest BCUT2D eigenvalue weighted by molar-refractivity contribution is 7.89. The minimum absolute atomic E-state index is 0.0113. The largest absolute Gasteiger partial charge is 0.456 e. The Balaban J connectivity index is 1.85. The standard InChI is InChI=1S/C18H22N2O7S3/c1-13(20-30(25,26)15-6-4-3-5-7-15)18(22)27-12-16(21)17-9-8-14(28-17)10-11-19-29(2,23)24/h3-9,13,19-20H,10-12H2,1-2H3/t13-/m0/s1. The molecule has 2 aromatic rings. The summed E-state index contributed by atoms with van der Waals surface area (Å²) in [5, 5.41) is 0. The number of esters is 1. The molecular weight excluding hydrogens is 452 g/mol. The summed E-state index contributed by atoms with van der Waals surface area (Å²) in [6.45, 7) is 1.00. The van der Waals surface area contributed by atoms with Gasteiger partial charge in [-0.25, -0.2) is 21.6 Å². The zero-order valence-corrected chi connectivity index (χ0v) is 18.8. The number of hydrogen-bond donors (Lipinski definition) is 2. The van der Waals surface area contributed by atoms with Gasteiger partial charge in [0.25, 0.3) is 0 Å². The van der Waals surface area contributed by atoms with Crippen LogP contribution in [0, 0.1) is 0 Å². The van der Waals surface area contributed by atoms with Crippen LogP contribution in [0.4, 0.5) is 0 Å². The van der Waals surface area contributed by atoms with Crippen LogP contribution in [0.2, 0.25) is 0 Å². The molecule has 1 atom stereocenters. The van der Waals surface area contributed by atoms with Crippen LogP contribution in [-0.2, 0) is 36.0 Å². The summed E-state index contributed by atoms with van der Waals surface area (Å²) < 4.78 is 56.1. The van der Waals surface area contributed by atoms with Crippen LogP contribution in [0.15, 0.2) is 47.4 Å². The summed E-state index contributed by atoms with van der Waals surface area (Å²) in [7, 11) is -7.17. The molecule has 9 nitrogen and oxygen atoms in total. The second-order valence-electron chi connectivity index (χ2n) is 6.37. The number of carbonyl (C=O) groups excluding carboxylic acids is 2. The molecule has 0 radical (unpaired) electrons. The number of ketones is 1. The quantitative estimate of drug-likeness (QED) is 0.365. The first kappa shape index (κ1) is 24.2. The zero-order valence-electron chi connectivity index (χ0n) is 16.3. The number of nitrogens with one attached hydrogen (secondary N) is 2. The van der Waals surface area contributed by atoms with Crippen LogP contribution < -0.4 is 9.44 Å². The summed E-state index contributed by atoms with van der Waals surface area (Å²) in [5.74, 6) is -1.31. The summed E-state index contributed by atoms with van der Waals surface area (Å²) in [5.41, 5.74) is 0. The molecular formula is C18H22N2O7S3. The molecule has 0 unspecified atom stereocenters. The molecule has 0 spiro atoms. The number of rotatable bonds is 11. The molecule has 1 aromatic heterocycles. The average molecular weight is 475 g/mol. The van der Waals surface area contributed by atoms with Gasteiger partial charge in [-0.1, -0.05) is 18.2 Å². The van der Waals surface area contributed by atoms with Gasteiger partial charge in [-0.15, -0.1) is 11.3 Å². The van der Waals surface area contributed by atoms with Crippen molar-refractivity contribution in [3.8, 4) is 0 Å². The lowest BCUT2D eigenvalue weighted by atomic mass is 10.3. The smallest absolute Gasteiger partial charge is 0.324 e. The summed E-state index contributed by atoms with van der Waals surface area (Å²) >= 11 is 1.17. The molecule has 0 bridgehead atoms. The molecule has 0 saturated heterocycles. The maximum Gasteiger partial charge on any atom is 0.324 e. The van der Waals surface area contributed by atoms with Crippen LogP contribution in [0.25, 0.3) is 0 Å². The normalized spacial score (nSPS) is 13.0. The molecule has 1 aromatic carbocycles. The molecule has 164 valence electrons. The first-order chi connectivity index (χ1) is 14.0. The third kappa shape index (κ3) is 7.61. The van der Waals surface area contributed by atoms with E-state index in [1.165, 1.54) is 30.4 Å². The van der Waals surface area contributed by atoms with E-state index in [1.807, 2.05) is 0 Å². The van der Waals surface area contributed by atoms with Crippen LogP contribution in [0.5, 0.6) is 0 Å². The molecule has 0 aliphatic heterocycles. The number of thiophene rings is 1. The molecule has 0 amide bonds. The van der Waals surface area contributed by atoms with Gasteiger partial charge in [0.1, 0.15) is 6.04 Å². The lowest BCUT2D eigenvalue weighted by molar-refractivity contribution is -0.144. The molecule has 0 aliphatic rings. The molecule has 0 aliphatic carbocycles. The number of carbonyl (C=O) groups is 2. The van der Waals surface area contributed by atoms with Crippen molar-refractivity contribution in [1.29, 1.82) is 0 Å². The lowest BCUT2D eigenvalue weighted by Crippen LogP contribution is -2.40. The molecule has 30 heavy (non-hydrogen) atoms. The van der Waals surface area contributed by atoms with Crippen molar-refractivity contribution in [2.75, 3.05) is 19.4 Å². The Bertz CT molecular complexity index is 1090. The summed E-state index contributed by atoms with van der Waals surface area (Å²) in [6, 6.07) is 9.65. The van der Waals surface area contributed by atoms with E-state index >= 15 is 0 Å². The third-order valence-electron chi connectivity index (χ3n) is 3.76. The highest BCUT2D eigenvalue weighted by atomic mass is 32.2. The van der Waals surface area contributed by atoms with E-state index in [-0.39, 0.29) is 11.4 Å². The number of sulfonamides is 2. The number of ether oxygens (including phenoxy) is 1. The second-order valence-corrected chi connectivity index (χ2v) is 11.1. The van der Waals surface area contributed by atoms with Crippen LogP contribution in [0.1, 0.15) is 21.5 Å². The van der Waals surface area contributed by atoms with Crippen molar-refractivity contribution in [3.05, 3.63) is 52.2 Å². The van der Waals surface area contributed by atoms with Crippen molar-refractivity contribution in [2.45, 2.75) is 24.3 Å². The van der Waals surface area contributed by atoms with Crippen molar-refractivity contribution in [2.24, 2.45) is 0 Å². The predicted octanol–water partition coefficient (Wildman–Crippen LogP) is 0.933. The van der Waals surface area contributed by atoms with Crippen molar-refractivity contribution >= 4 is 43.1 Å². The highest BCUT2D eigenvalue weighted by Gasteiger charge is 2.24. The van der Waals surface area contributed by atoms with Gasteiger partial charge in [0.05, 0.1) is 16.0 Å². The number of benzene rings is 1. The highest BCUT2D eigenvalue weighted by Crippen LogP contribution is 2.18. The fraction of sp³-hybridized carbons (Fsp3) is 0.333. The first-order valence-corrected chi connectivity index (χ1v) is 13.0. The molecule has 1 heterocycles. The number of Topliss-reactive ketones (excluding diaryl/α,β-unsaturated/α-hetero) is 1. The Hall–Kier alpha value is -2.12. The first-order valence-electron chi connectivity index (χ1n) is 8.78. The van der Waals surface area contributed by atoms with Crippen molar-refractivity contribution < 1.29 is 31.2 Å². The van der Waals surface area contributed by atoms with Crippen LogP contribution in [0.3, 0.4) is 0 Å². The van der Waals surface area contributed by atoms with E-state index in [4.69, 9.17) is 4.74 Å². The van der Waals surface area contributed by atoms with Crippen LogP contribution in [-0.4, -0.2) is 54.0 Å². The van der Waals surface area contributed by atoms with Crippen molar-refractivity contribution in [3.63, 3.8) is 0 Å². The molecule has 0 fully saturated rings. The van der Waals surface area contributed by atoms with Gasteiger partial charge < -0.3 is 4.74 Å². The average Bonchev–Trinajstić information content (AvgIpc) is 3.14. The Morgan fingerprint density at radius 2 is 1.73 bits per heavy atom. The number of hydrogen-bond acceptors (Lipinski definition) is 8. The van der Waals surface area contributed by atoms with Gasteiger partial charge in [-0.05, 0) is 37.6 Å². The molecule has 2 N–H and O–H groups in total. The maximum atomic E-state index is 12.2. The summed E-state index contributed by atoms with van der Waals surface area (Å²) in [4.78, 5) is 25.4. The predicted molar refractivity (Wildman–Crippen MR) is 112 cm³/mol. The zero-order chi connectivity index (χ0) is 22.4. The summed E-state index contributed by atoms with van der Waals surface area (Å²) in [6.07, 6.45) is 1.48. The molecule has 2 rings (SSSR count). The Morgan fingerprint density at radius 1 is 1.07 bits per heavy atom. The Kier molecular flexibility index (Phi) is 8.26. The SMILES string of the molecule is C[C@H](NS(=O)(=O)c1ccccc1)C(=O)OCC(=O)c1ccc(CCNS(C)(=O)=O)s1.